The Morgan fingerprint density at radius 2 is 1.72 bits per heavy atom. The monoisotopic (exact) mass is 658 g/mol. The number of hydrogen-bond acceptors (Lipinski definition) is 6. The van der Waals surface area contributed by atoms with E-state index in [-0.39, 0.29) is 23.8 Å². The van der Waals surface area contributed by atoms with Crippen molar-refractivity contribution in [3.8, 4) is 22.7 Å². The van der Waals surface area contributed by atoms with Gasteiger partial charge < -0.3 is 32.2 Å². The number of alkyl halides is 3. The molecule has 2 aromatic carbocycles. The van der Waals surface area contributed by atoms with Crippen LogP contribution >= 0.6 is 0 Å². The number of benzene rings is 2. The maximum atomic E-state index is 13.0. The molecule has 47 heavy (non-hydrogen) atoms. The summed E-state index contributed by atoms with van der Waals surface area (Å²) in [6, 6.07) is 13.8. The third kappa shape index (κ3) is 12.4. The van der Waals surface area contributed by atoms with Gasteiger partial charge in [-0.15, -0.1) is 13.2 Å². The molecule has 8 N–H and O–H groups in total. The van der Waals surface area contributed by atoms with Gasteiger partial charge in [0.1, 0.15) is 11.4 Å². The number of aromatic amines is 1. The molecule has 4 rings (SSSR count). The molecule has 2 atom stereocenters. The first-order valence-corrected chi connectivity index (χ1v) is 16.0. The summed E-state index contributed by atoms with van der Waals surface area (Å²) in [5.41, 5.74) is 19.7. The summed E-state index contributed by atoms with van der Waals surface area (Å²) < 4.78 is 44.8. The Hall–Kier alpha value is -4.36. The fourth-order valence-corrected chi connectivity index (χ4v) is 4.76. The van der Waals surface area contributed by atoms with E-state index in [1.165, 1.54) is 16.7 Å². The van der Waals surface area contributed by atoms with Crippen LogP contribution in [-0.2, 0) is 6.42 Å². The number of guanidine groups is 1. The van der Waals surface area contributed by atoms with Crippen LogP contribution in [0.15, 0.2) is 64.5 Å². The van der Waals surface area contributed by atoms with Crippen molar-refractivity contribution in [2.24, 2.45) is 22.2 Å². The first kappa shape index (κ1) is 38.8. The van der Waals surface area contributed by atoms with E-state index in [0.717, 1.165) is 24.9 Å². The minimum Gasteiger partial charge on any atom is -0.406 e. The maximum absolute atomic E-state index is 13.0. The predicted molar refractivity (Wildman–Crippen MR) is 185 cm³/mol. The van der Waals surface area contributed by atoms with Crippen molar-refractivity contribution < 1.29 is 17.9 Å². The lowest BCUT2D eigenvalue weighted by atomic mass is 10.0. The maximum Gasteiger partial charge on any atom is 0.573 e. The van der Waals surface area contributed by atoms with Crippen LogP contribution in [0.5, 0.6) is 5.75 Å². The Morgan fingerprint density at radius 1 is 1.04 bits per heavy atom. The molecule has 258 valence electrons. The smallest absolute Gasteiger partial charge is 0.406 e. The minimum absolute atomic E-state index is 0.00834. The van der Waals surface area contributed by atoms with Crippen LogP contribution in [0.3, 0.4) is 0 Å². The highest BCUT2D eigenvalue weighted by atomic mass is 19.4. The molecule has 0 aliphatic carbocycles. The highest BCUT2D eigenvalue weighted by molar-refractivity contribution is 5.83. The number of aromatic nitrogens is 3. The number of hydrogen-bond donors (Lipinski definition) is 5. The Morgan fingerprint density at radius 3 is 2.34 bits per heavy atom. The van der Waals surface area contributed by atoms with E-state index >= 15 is 0 Å². The third-order valence-electron chi connectivity index (χ3n) is 6.89. The van der Waals surface area contributed by atoms with Gasteiger partial charge in [-0.2, -0.15) is 4.98 Å². The van der Waals surface area contributed by atoms with Gasteiger partial charge in [-0.1, -0.05) is 39.8 Å². The van der Waals surface area contributed by atoms with E-state index < -0.39 is 12.1 Å². The molecule has 2 unspecified atom stereocenters. The van der Waals surface area contributed by atoms with Crippen LogP contribution in [0.1, 0.15) is 78.0 Å². The molecule has 0 saturated heterocycles. The molecule has 10 nitrogen and oxygen atoms in total. The zero-order chi connectivity index (χ0) is 35.1. The lowest BCUT2D eigenvalue weighted by Gasteiger charge is -2.15. The Bertz CT molecular complexity index is 1610. The molecular formula is C34H49F3N8O2. The normalized spacial score (nSPS) is 12.3. The second kappa shape index (κ2) is 18.7. The Labute approximate surface area is 274 Å². The summed E-state index contributed by atoms with van der Waals surface area (Å²) in [6.07, 6.45) is -0.397. The average Bonchev–Trinajstić information content (AvgIpc) is 3.44. The van der Waals surface area contributed by atoms with E-state index in [0.29, 0.717) is 52.9 Å². The number of aliphatic imine (C=N–C) groups is 1. The second-order valence-corrected chi connectivity index (χ2v) is 10.6. The summed E-state index contributed by atoms with van der Waals surface area (Å²) in [5.74, 6) is -0.241. The van der Waals surface area contributed by atoms with Crippen molar-refractivity contribution in [2.75, 3.05) is 13.1 Å². The lowest BCUT2D eigenvalue weighted by Crippen LogP contribution is -2.24. The van der Waals surface area contributed by atoms with Gasteiger partial charge in [0.2, 0.25) is 0 Å². The summed E-state index contributed by atoms with van der Waals surface area (Å²) in [6.45, 7) is 13.2. The first-order chi connectivity index (χ1) is 22.4. The molecule has 0 saturated carbocycles. The van der Waals surface area contributed by atoms with Gasteiger partial charge >= 0.3 is 12.1 Å². The summed E-state index contributed by atoms with van der Waals surface area (Å²) in [4.78, 5) is 24.1. The minimum atomic E-state index is -4.83. The highest BCUT2D eigenvalue weighted by Gasteiger charge is 2.31. The van der Waals surface area contributed by atoms with Crippen LogP contribution < -0.4 is 32.9 Å². The van der Waals surface area contributed by atoms with Gasteiger partial charge in [0.15, 0.2) is 5.96 Å². The number of nitrogens with zero attached hydrogens (tertiary/aromatic N) is 3. The summed E-state index contributed by atoms with van der Waals surface area (Å²) in [5, 5.41) is 4.03. The number of H-pyrrole nitrogens is 1. The molecule has 0 fully saturated rings. The number of fused-ring (bicyclic) bond motifs is 1. The van der Waals surface area contributed by atoms with Gasteiger partial charge in [-0.3, -0.25) is 9.56 Å². The summed E-state index contributed by atoms with van der Waals surface area (Å²) >= 11 is 0. The molecule has 0 radical (unpaired) electrons. The molecule has 0 bridgehead atoms. The zero-order valence-corrected chi connectivity index (χ0v) is 28.1. The van der Waals surface area contributed by atoms with Crippen molar-refractivity contribution in [1.29, 1.82) is 0 Å². The molecule has 13 heteroatoms. The van der Waals surface area contributed by atoms with E-state index in [9.17, 15) is 18.0 Å². The van der Waals surface area contributed by atoms with Crippen molar-refractivity contribution in [3.63, 3.8) is 0 Å². The quantitative estimate of drug-likeness (QED) is 0.0638. The molecule has 0 aliphatic rings. The number of nitrogens with one attached hydrogen (secondary N) is 2. The van der Waals surface area contributed by atoms with Gasteiger partial charge in [-0.25, -0.2) is 4.79 Å². The second-order valence-electron chi connectivity index (χ2n) is 10.6. The predicted octanol–water partition coefficient (Wildman–Crippen LogP) is 6.32. The van der Waals surface area contributed by atoms with E-state index in [1.807, 2.05) is 65.8 Å². The van der Waals surface area contributed by atoms with Gasteiger partial charge in [0, 0.05) is 41.5 Å². The van der Waals surface area contributed by atoms with Crippen LogP contribution in [-0.4, -0.2) is 46.0 Å². The van der Waals surface area contributed by atoms with Crippen molar-refractivity contribution >= 4 is 17.0 Å². The van der Waals surface area contributed by atoms with Crippen molar-refractivity contribution in [3.05, 3.63) is 76.3 Å². The van der Waals surface area contributed by atoms with Crippen molar-refractivity contribution in [2.45, 2.75) is 85.7 Å². The molecule has 2 heterocycles. The van der Waals surface area contributed by atoms with Gasteiger partial charge in [0.05, 0.1) is 5.69 Å². The van der Waals surface area contributed by atoms with Gasteiger partial charge in [-0.05, 0) is 93.6 Å². The molecule has 0 aliphatic heterocycles. The van der Waals surface area contributed by atoms with E-state index in [4.69, 9.17) is 17.2 Å². The number of nitrogens with two attached hydrogens (primary N) is 3. The first-order valence-electron chi connectivity index (χ1n) is 16.0. The fourth-order valence-electron chi connectivity index (χ4n) is 4.76. The standard InChI is InChI=1S/C30H37F3N8O2.2C2H6/c1-18(34)5-3-6-20-13-22(15-25(14-20)43-30(31,32)33)26-16-23-17-41(29(42)40-27(23)39-26)24-9-7-21(8-10-24)19(2)37-11-4-12-38-28(35)36;2*1-2/h7-10,13-19,37H,3-6,11-12,34H2,1-2H3,(H4,35,36,38)(H,39,40,42);2*1-2H3. The topological polar surface area (TPSA) is 162 Å². The molecule has 2 aromatic heterocycles. The number of aryl methyl sites for hydroxylation is 1. The Kier molecular flexibility index (Phi) is 15.4. The Balaban J connectivity index is 0.00000185. The highest BCUT2D eigenvalue weighted by Crippen LogP contribution is 2.31. The number of halogens is 3. The third-order valence-corrected chi connectivity index (χ3v) is 6.89. The molecular weight excluding hydrogens is 609 g/mol. The molecule has 4 aromatic rings. The van der Waals surface area contributed by atoms with Crippen LogP contribution in [0, 0.1) is 0 Å². The van der Waals surface area contributed by atoms with E-state index in [1.54, 1.807) is 18.3 Å². The lowest BCUT2D eigenvalue weighted by molar-refractivity contribution is -0.274. The molecule has 0 spiro atoms. The molecule has 0 amide bonds. The largest absolute Gasteiger partial charge is 0.573 e. The zero-order valence-electron chi connectivity index (χ0n) is 28.1. The number of ether oxygens (including phenoxy) is 1. The van der Waals surface area contributed by atoms with Crippen molar-refractivity contribution in [1.82, 2.24) is 19.9 Å². The number of rotatable bonds is 13. The summed E-state index contributed by atoms with van der Waals surface area (Å²) in [7, 11) is 0. The van der Waals surface area contributed by atoms with Gasteiger partial charge in [0.25, 0.3) is 0 Å². The van der Waals surface area contributed by atoms with Crippen LogP contribution in [0.4, 0.5) is 13.2 Å². The van der Waals surface area contributed by atoms with Crippen LogP contribution in [0.25, 0.3) is 28.0 Å². The van der Waals surface area contributed by atoms with Crippen LogP contribution in [0.2, 0.25) is 0 Å². The van der Waals surface area contributed by atoms with E-state index in [2.05, 4.69) is 25.0 Å². The fraction of sp³-hybridized carbons (Fsp3) is 0.441. The SMILES string of the molecule is CC.CC.CC(N)CCCc1cc(OC(F)(F)F)cc(-c2cc3cn(-c4ccc(C(C)NCCCN=C(N)N)cc4)c(=O)nc3[nH]2)c1. The average molecular weight is 659 g/mol.